The molecule has 0 saturated carbocycles. The van der Waals surface area contributed by atoms with Crippen molar-refractivity contribution in [2.45, 2.75) is 37.1 Å². The molecule has 0 spiro atoms. The molecule has 0 aromatic heterocycles. The first-order chi connectivity index (χ1) is 9.06. The average Bonchev–Trinajstić information content (AvgIpc) is 2.69. The zero-order valence-electron chi connectivity index (χ0n) is 11.5. The minimum Gasteiger partial charge on any atom is -0.337 e. The largest absolute Gasteiger partial charge is 0.337 e. The van der Waals surface area contributed by atoms with Gasteiger partial charge in [-0.15, -0.1) is 0 Å². The molecule has 3 aliphatic heterocycles. The minimum absolute atomic E-state index is 0.141. The predicted molar refractivity (Wildman–Crippen MR) is 70.5 cm³/mol. The van der Waals surface area contributed by atoms with Gasteiger partial charge in [-0.2, -0.15) is 0 Å². The Bertz CT molecular complexity index is 355. The molecule has 0 aromatic carbocycles. The first-order valence-corrected chi connectivity index (χ1v) is 7.18. The molecule has 1 amide bonds. The van der Waals surface area contributed by atoms with E-state index in [0.29, 0.717) is 13.0 Å². The summed E-state index contributed by atoms with van der Waals surface area (Å²) in [7, 11) is 1.91. The summed E-state index contributed by atoms with van der Waals surface area (Å²) in [5.74, 6) is 0.258. The second-order valence-corrected chi connectivity index (χ2v) is 6.17. The monoisotopic (exact) mass is 270 g/mol. The molecule has 3 rings (SSSR count). The van der Waals surface area contributed by atoms with Crippen LogP contribution in [0, 0.1) is 0 Å². The van der Waals surface area contributed by atoms with Crippen molar-refractivity contribution in [1.82, 2.24) is 14.7 Å². The van der Waals surface area contributed by atoms with Crippen LogP contribution in [0.2, 0.25) is 0 Å². The van der Waals surface area contributed by atoms with Gasteiger partial charge in [-0.05, 0) is 13.5 Å². The SMILES string of the molecule is CN1CC(N)C(N2CCN3C(=O)CC[C@@H]3C2)C(F)C1. The number of carbonyl (C=O) groups is 1. The van der Waals surface area contributed by atoms with E-state index in [1.807, 2.05) is 16.8 Å². The molecule has 6 heteroatoms. The lowest BCUT2D eigenvalue weighted by Crippen LogP contribution is -2.66. The van der Waals surface area contributed by atoms with Gasteiger partial charge >= 0.3 is 0 Å². The summed E-state index contributed by atoms with van der Waals surface area (Å²) in [6.07, 6.45) is 0.669. The molecule has 3 fully saturated rings. The molecule has 3 aliphatic rings. The van der Waals surface area contributed by atoms with Crippen molar-refractivity contribution >= 4 is 5.91 Å². The standard InChI is InChI=1S/C13H23FN4O/c1-16-7-10(14)13(11(15)8-16)17-4-5-18-9(6-17)2-3-12(18)19/h9-11,13H,2-8,15H2,1H3/t9-,10?,11?,13?/m1/s1. The zero-order valence-corrected chi connectivity index (χ0v) is 11.5. The van der Waals surface area contributed by atoms with E-state index in [2.05, 4.69) is 4.90 Å². The van der Waals surface area contributed by atoms with Crippen LogP contribution >= 0.6 is 0 Å². The summed E-state index contributed by atoms with van der Waals surface area (Å²) in [4.78, 5) is 17.8. The summed E-state index contributed by atoms with van der Waals surface area (Å²) in [5.41, 5.74) is 6.15. The molecule has 3 unspecified atom stereocenters. The van der Waals surface area contributed by atoms with Gasteiger partial charge in [0.2, 0.25) is 5.91 Å². The average molecular weight is 270 g/mol. The Hall–Kier alpha value is -0.720. The van der Waals surface area contributed by atoms with Crippen LogP contribution in [0.1, 0.15) is 12.8 Å². The Morgan fingerprint density at radius 2 is 2.05 bits per heavy atom. The summed E-state index contributed by atoms with van der Waals surface area (Å²) >= 11 is 0. The van der Waals surface area contributed by atoms with E-state index < -0.39 is 6.17 Å². The van der Waals surface area contributed by atoms with Crippen molar-refractivity contribution in [3.63, 3.8) is 0 Å². The van der Waals surface area contributed by atoms with Crippen molar-refractivity contribution in [3.05, 3.63) is 0 Å². The number of hydrogen-bond acceptors (Lipinski definition) is 4. The number of nitrogens with two attached hydrogens (primary N) is 1. The normalized spacial score (nSPS) is 41.6. The van der Waals surface area contributed by atoms with E-state index in [-0.39, 0.29) is 24.0 Å². The van der Waals surface area contributed by atoms with Crippen molar-refractivity contribution in [2.75, 3.05) is 39.8 Å². The number of piperidine rings is 1. The smallest absolute Gasteiger partial charge is 0.222 e. The number of carbonyl (C=O) groups excluding carboxylic acids is 1. The number of alkyl halides is 1. The molecule has 19 heavy (non-hydrogen) atoms. The van der Waals surface area contributed by atoms with Crippen molar-refractivity contribution in [3.8, 4) is 0 Å². The van der Waals surface area contributed by atoms with Gasteiger partial charge in [-0.1, -0.05) is 0 Å². The van der Waals surface area contributed by atoms with Crippen molar-refractivity contribution < 1.29 is 9.18 Å². The Balaban J connectivity index is 1.68. The first kappa shape index (κ1) is 13.3. The highest BCUT2D eigenvalue weighted by Gasteiger charge is 2.43. The Labute approximate surface area is 113 Å². The highest BCUT2D eigenvalue weighted by atomic mass is 19.1. The van der Waals surface area contributed by atoms with Gasteiger partial charge in [0, 0.05) is 51.2 Å². The number of likely N-dealkylation sites (N-methyl/N-ethyl adjacent to an activating group) is 1. The molecule has 108 valence electrons. The van der Waals surface area contributed by atoms with Crippen LogP contribution in [0.4, 0.5) is 4.39 Å². The van der Waals surface area contributed by atoms with Crippen LogP contribution < -0.4 is 5.73 Å². The summed E-state index contributed by atoms with van der Waals surface area (Å²) in [6.45, 7) is 3.48. The van der Waals surface area contributed by atoms with Gasteiger partial charge < -0.3 is 15.5 Å². The quantitative estimate of drug-likeness (QED) is 0.683. The number of likely N-dealkylation sites (tertiary alicyclic amines) is 1. The lowest BCUT2D eigenvalue weighted by molar-refractivity contribution is -0.131. The van der Waals surface area contributed by atoms with E-state index >= 15 is 0 Å². The van der Waals surface area contributed by atoms with Gasteiger partial charge in [-0.3, -0.25) is 9.69 Å². The number of piperazine rings is 1. The minimum atomic E-state index is -0.891. The van der Waals surface area contributed by atoms with Gasteiger partial charge in [0.05, 0.1) is 6.04 Å². The first-order valence-electron chi connectivity index (χ1n) is 7.18. The fourth-order valence-corrected chi connectivity index (χ4v) is 3.88. The molecule has 0 aromatic rings. The summed E-state index contributed by atoms with van der Waals surface area (Å²) in [5, 5.41) is 0. The number of rotatable bonds is 1. The third-order valence-electron chi connectivity index (χ3n) is 4.77. The molecular formula is C13H23FN4O. The number of nitrogens with zero attached hydrogens (tertiary/aromatic N) is 3. The maximum Gasteiger partial charge on any atom is 0.222 e. The molecule has 2 N–H and O–H groups in total. The second kappa shape index (κ2) is 5.00. The molecule has 0 aliphatic carbocycles. The lowest BCUT2D eigenvalue weighted by Gasteiger charge is -2.47. The maximum absolute atomic E-state index is 14.3. The predicted octanol–water partition coefficient (Wildman–Crippen LogP) is -0.728. The second-order valence-electron chi connectivity index (χ2n) is 6.17. The fraction of sp³-hybridized carbons (Fsp3) is 0.923. The molecule has 0 radical (unpaired) electrons. The third kappa shape index (κ3) is 2.37. The number of amides is 1. The zero-order chi connectivity index (χ0) is 13.6. The van der Waals surface area contributed by atoms with Gasteiger partial charge in [0.25, 0.3) is 0 Å². The molecule has 4 atom stereocenters. The highest BCUT2D eigenvalue weighted by Crippen LogP contribution is 2.27. The maximum atomic E-state index is 14.3. The Morgan fingerprint density at radius 3 is 2.79 bits per heavy atom. The summed E-state index contributed by atoms with van der Waals surface area (Å²) < 4.78 is 14.3. The highest BCUT2D eigenvalue weighted by molar-refractivity contribution is 5.78. The van der Waals surface area contributed by atoms with Crippen LogP contribution in [0.5, 0.6) is 0 Å². The van der Waals surface area contributed by atoms with E-state index in [0.717, 1.165) is 32.6 Å². The van der Waals surface area contributed by atoms with E-state index in [9.17, 15) is 9.18 Å². The van der Waals surface area contributed by atoms with Crippen molar-refractivity contribution in [1.29, 1.82) is 0 Å². The lowest BCUT2D eigenvalue weighted by atomic mass is 9.95. The topological polar surface area (TPSA) is 52.8 Å². The molecule has 5 nitrogen and oxygen atoms in total. The van der Waals surface area contributed by atoms with E-state index in [4.69, 9.17) is 5.73 Å². The van der Waals surface area contributed by atoms with Crippen LogP contribution in [0.25, 0.3) is 0 Å². The van der Waals surface area contributed by atoms with Gasteiger partial charge in [-0.25, -0.2) is 4.39 Å². The van der Waals surface area contributed by atoms with Gasteiger partial charge in [0.15, 0.2) is 0 Å². The Kier molecular flexibility index (Phi) is 3.49. The molecule has 3 heterocycles. The Morgan fingerprint density at radius 1 is 1.26 bits per heavy atom. The van der Waals surface area contributed by atoms with Crippen LogP contribution in [0.15, 0.2) is 0 Å². The van der Waals surface area contributed by atoms with Gasteiger partial charge in [0.1, 0.15) is 6.17 Å². The van der Waals surface area contributed by atoms with E-state index in [1.165, 1.54) is 0 Å². The molecule has 0 bridgehead atoms. The molecular weight excluding hydrogens is 247 g/mol. The van der Waals surface area contributed by atoms with Crippen molar-refractivity contribution in [2.24, 2.45) is 5.73 Å². The van der Waals surface area contributed by atoms with Crippen LogP contribution in [0.3, 0.4) is 0 Å². The molecule has 3 saturated heterocycles. The van der Waals surface area contributed by atoms with E-state index in [1.54, 1.807) is 0 Å². The van der Waals surface area contributed by atoms with Crippen LogP contribution in [-0.4, -0.2) is 84.7 Å². The summed E-state index contributed by atoms with van der Waals surface area (Å²) in [6, 6.07) is -0.0493. The number of fused-ring (bicyclic) bond motifs is 1. The fourth-order valence-electron chi connectivity index (χ4n) is 3.88. The number of halogens is 1. The number of hydrogen-bond donors (Lipinski definition) is 1. The van der Waals surface area contributed by atoms with Crippen LogP contribution in [-0.2, 0) is 4.79 Å². The third-order valence-corrected chi connectivity index (χ3v) is 4.77.